The van der Waals surface area contributed by atoms with Gasteiger partial charge in [0.05, 0.1) is 22.2 Å². The lowest BCUT2D eigenvalue weighted by Gasteiger charge is -2.21. The Morgan fingerprint density at radius 3 is 2.88 bits per heavy atom. The summed E-state index contributed by atoms with van der Waals surface area (Å²) >= 11 is 0. The third-order valence-electron chi connectivity index (χ3n) is 5.80. The van der Waals surface area contributed by atoms with Crippen LogP contribution in [0.25, 0.3) is 22.4 Å². The first-order valence-corrected chi connectivity index (χ1v) is 10.8. The van der Waals surface area contributed by atoms with Crippen molar-refractivity contribution in [1.29, 1.82) is 0 Å². The van der Waals surface area contributed by atoms with Crippen LogP contribution in [-0.4, -0.2) is 57.5 Å². The van der Waals surface area contributed by atoms with Gasteiger partial charge in [-0.25, -0.2) is 9.97 Å². The molecule has 4 aromatic rings. The van der Waals surface area contributed by atoms with E-state index < -0.39 is 4.92 Å². The molecule has 9 nitrogen and oxygen atoms in total. The van der Waals surface area contributed by atoms with Crippen LogP contribution in [0.1, 0.15) is 12.3 Å². The van der Waals surface area contributed by atoms with E-state index in [4.69, 9.17) is 9.40 Å². The van der Waals surface area contributed by atoms with Crippen LogP contribution in [0.4, 0.5) is 11.6 Å². The maximum absolute atomic E-state index is 11.0. The van der Waals surface area contributed by atoms with Gasteiger partial charge in [0, 0.05) is 50.3 Å². The summed E-state index contributed by atoms with van der Waals surface area (Å²) in [5, 5.41) is 11.0. The van der Waals surface area contributed by atoms with Crippen molar-refractivity contribution in [2.75, 3.05) is 37.6 Å². The lowest BCUT2D eigenvalue weighted by molar-refractivity contribution is -0.384. The summed E-state index contributed by atoms with van der Waals surface area (Å²) in [5.41, 5.74) is 2.76. The SMILES string of the molecule is O=[N+]([O-])c1cccc(-c2cnc(CCN3CCCN(c4nc5ccccc5[nH]4)CC3)o2)c1. The zero-order valence-electron chi connectivity index (χ0n) is 17.6. The fraction of sp³-hybridized carbons (Fsp3) is 0.304. The first kappa shape index (κ1) is 20.2. The van der Waals surface area contributed by atoms with E-state index in [2.05, 4.69) is 19.8 Å². The second-order valence-electron chi connectivity index (χ2n) is 7.94. The fourth-order valence-corrected chi connectivity index (χ4v) is 4.08. The van der Waals surface area contributed by atoms with Gasteiger partial charge in [-0.15, -0.1) is 0 Å². The second-order valence-corrected chi connectivity index (χ2v) is 7.94. The molecule has 164 valence electrons. The summed E-state index contributed by atoms with van der Waals surface area (Å²) < 4.78 is 5.87. The molecule has 3 heterocycles. The van der Waals surface area contributed by atoms with Crippen molar-refractivity contribution in [3.05, 3.63) is 70.7 Å². The smallest absolute Gasteiger partial charge is 0.270 e. The molecule has 1 fully saturated rings. The molecule has 0 bridgehead atoms. The van der Waals surface area contributed by atoms with Gasteiger partial charge in [-0.1, -0.05) is 24.3 Å². The normalized spacial score (nSPS) is 15.2. The molecule has 0 saturated carbocycles. The number of oxazole rings is 1. The molecule has 0 unspecified atom stereocenters. The van der Waals surface area contributed by atoms with Crippen LogP contribution in [0.15, 0.2) is 59.1 Å². The van der Waals surface area contributed by atoms with Gasteiger partial charge >= 0.3 is 0 Å². The highest BCUT2D eigenvalue weighted by molar-refractivity contribution is 5.77. The number of nitro benzene ring substituents is 1. The first-order chi connectivity index (χ1) is 15.7. The number of hydrogen-bond donors (Lipinski definition) is 1. The van der Waals surface area contributed by atoms with Gasteiger partial charge in [0.2, 0.25) is 5.95 Å². The highest BCUT2D eigenvalue weighted by atomic mass is 16.6. The molecule has 0 atom stereocenters. The number of hydrogen-bond acceptors (Lipinski definition) is 7. The molecular weight excluding hydrogens is 408 g/mol. The molecule has 0 radical (unpaired) electrons. The van der Waals surface area contributed by atoms with Crippen molar-refractivity contribution >= 4 is 22.7 Å². The van der Waals surface area contributed by atoms with Gasteiger partial charge in [0.15, 0.2) is 11.7 Å². The number of nitrogens with one attached hydrogen (secondary N) is 1. The van der Waals surface area contributed by atoms with E-state index in [1.54, 1.807) is 18.3 Å². The Labute approximate surface area is 184 Å². The van der Waals surface area contributed by atoms with E-state index >= 15 is 0 Å². The number of nitrogens with zero attached hydrogens (tertiary/aromatic N) is 5. The molecule has 2 aromatic heterocycles. The maximum Gasteiger partial charge on any atom is 0.270 e. The van der Waals surface area contributed by atoms with Crippen molar-refractivity contribution in [3.63, 3.8) is 0 Å². The summed E-state index contributed by atoms with van der Waals surface area (Å²) in [4.78, 5) is 27.8. The van der Waals surface area contributed by atoms with Crippen LogP contribution in [0.5, 0.6) is 0 Å². The van der Waals surface area contributed by atoms with E-state index in [9.17, 15) is 10.1 Å². The van der Waals surface area contributed by atoms with Crippen LogP contribution >= 0.6 is 0 Å². The van der Waals surface area contributed by atoms with Gasteiger partial charge in [-0.3, -0.25) is 10.1 Å². The van der Waals surface area contributed by atoms with Crippen molar-refractivity contribution in [2.24, 2.45) is 0 Å². The predicted molar refractivity (Wildman–Crippen MR) is 122 cm³/mol. The monoisotopic (exact) mass is 432 g/mol. The van der Waals surface area contributed by atoms with Crippen LogP contribution in [0.3, 0.4) is 0 Å². The molecule has 2 aromatic carbocycles. The average molecular weight is 432 g/mol. The Morgan fingerprint density at radius 1 is 1.09 bits per heavy atom. The Balaban J connectivity index is 1.18. The maximum atomic E-state index is 11.0. The molecule has 0 spiro atoms. The number of non-ortho nitro benzene ring substituents is 1. The number of benzene rings is 2. The third-order valence-corrected chi connectivity index (χ3v) is 5.80. The molecule has 1 saturated heterocycles. The van der Waals surface area contributed by atoms with Gasteiger partial charge in [-0.05, 0) is 25.1 Å². The lowest BCUT2D eigenvalue weighted by Crippen LogP contribution is -2.32. The highest BCUT2D eigenvalue weighted by Crippen LogP contribution is 2.25. The van der Waals surface area contributed by atoms with Gasteiger partial charge in [0.1, 0.15) is 0 Å². The van der Waals surface area contributed by atoms with Crippen molar-refractivity contribution in [3.8, 4) is 11.3 Å². The van der Waals surface area contributed by atoms with E-state index in [0.29, 0.717) is 23.6 Å². The standard InChI is InChI=1S/C23H24N6O3/c30-29(31)18-6-3-5-17(15-18)21-16-24-22(32-21)9-12-27-10-4-11-28(14-13-27)23-25-19-7-1-2-8-20(19)26-23/h1-3,5-8,15-16H,4,9-14H2,(H,25,26). The number of anilines is 1. The first-order valence-electron chi connectivity index (χ1n) is 10.8. The summed E-state index contributed by atoms with van der Waals surface area (Å²) in [6, 6.07) is 14.5. The number of imidazole rings is 1. The van der Waals surface area contributed by atoms with E-state index in [1.807, 2.05) is 24.3 Å². The van der Waals surface area contributed by atoms with Crippen molar-refractivity contribution in [2.45, 2.75) is 12.8 Å². The van der Waals surface area contributed by atoms with Crippen LogP contribution < -0.4 is 4.90 Å². The molecule has 32 heavy (non-hydrogen) atoms. The number of H-pyrrole nitrogens is 1. The minimum absolute atomic E-state index is 0.0408. The number of aromatic amines is 1. The van der Waals surface area contributed by atoms with Crippen molar-refractivity contribution < 1.29 is 9.34 Å². The molecular formula is C23H24N6O3. The van der Waals surface area contributed by atoms with E-state index in [0.717, 1.165) is 56.1 Å². The molecule has 0 amide bonds. The second kappa shape index (κ2) is 8.80. The Kier molecular flexibility index (Phi) is 5.55. The predicted octanol–water partition coefficient (Wildman–Crippen LogP) is 3.88. The number of aromatic nitrogens is 3. The fourth-order valence-electron chi connectivity index (χ4n) is 4.08. The molecule has 5 rings (SSSR count). The quantitative estimate of drug-likeness (QED) is 0.364. The third kappa shape index (κ3) is 4.33. The molecule has 1 aliphatic rings. The molecule has 1 aliphatic heterocycles. The minimum atomic E-state index is -0.408. The lowest BCUT2D eigenvalue weighted by atomic mass is 10.2. The number of fused-ring (bicyclic) bond motifs is 1. The zero-order valence-corrected chi connectivity index (χ0v) is 17.6. The molecule has 1 N–H and O–H groups in total. The van der Waals surface area contributed by atoms with E-state index in [1.165, 1.54) is 12.1 Å². The molecule has 0 aliphatic carbocycles. The van der Waals surface area contributed by atoms with Gasteiger partial charge in [-0.2, -0.15) is 0 Å². The number of para-hydroxylation sites is 2. The topological polar surface area (TPSA) is 104 Å². The minimum Gasteiger partial charge on any atom is -0.441 e. The van der Waals surface area contributed by atoms with Gasteiger partial charge in [0.25, 0.3) is 5.69 Å². The van der Waals surface area contributed by atoms with Crippen LogP contribution in [0.2, 0.25) is 0 Å². The number of rotatable bonds is 6. The van der Waals surface area contributed by atoms with Gasteiger partial charge < -0.3 is 19.2 Å². The van der Waals surface area contributed by atoms with Crippen LogP contribution in [-0.2, 0) is 6.42 Å². The summed E-state index contributed by atoms with van der Waals surface area (Å²) in [5.74, 6) is 2.13. The van der Waals surface area contributed by atoms with Crippen LogP contribution in [0, 0.1) is 10.1 Å². The zero-order chi connectivity index (χ0) is 21.9. The van der Waals surface area contributed by atoms with Crippen molar-refractivity contribution in [1.82, 2.24) is 19.9 Å². The number of nitro groups is 1. The largest absolute Gasteiger partial charge is 0.441 e. The average Bonchev–Trinajstić information content (AvgIpc) is 3.40. The summed E-state index contributed by atoms with van der Waals surface area (Å²) in [6.07, 6.45) is 3.39. The molecule has 9 heteroatoms. The Hall–Kier alpha value is -3.72. The summed E-state index contributed by atoms with van der Waals surface area (Å²) in [6.45, 7) is 4.67. The highest BCUT2D eigenvalue weighted by Gasteiger charge is 2.18. The summed E-state index contributed by atoms with van der Waals surface area (Å²) in [7, 11) is 0. The Morgan fingerprint density at radius 2 is 2.00 bits per heavy atom. The Bertz CT molecular complexity index is 1200. The van der Waals surface area contributed by atoms with E-state index in [-0.39, 0.29) is 5.69 Å².